The fraction of sp³-hybridized carbons (Fsp3) is 0.657. The number of nitrogens with two attached hydrogens (primary N) is 2. The van der Waals surface area contributed by atoms with Crippen LogP contribution in [0.1, 0.15) is 184 Å². The number of carbonyl (C=O) groups excluding carboxylic acids is 6. The van der Waals surface area contributed by atoms with Gasteiger partial charge in [-0.15, -0.1) is 5.10 Å². The van der Waals surface area contributed by atoms with E-state index in [-0.39, 0.29) is 108 Å². The van der Waals surface area contributed by atoms with Crippen LogP contribution >= 0.6 is 0 Å². The Morgan fingerprint density at radius 1 is 0.701 bits per heavy atom. The molecule has 35 heteroatoms. The normalized spacial score (nSPS) is 25.5. The number of oxazole rings is 1. The van der Waals surface area contributed by atoms with Crippen molar-refractivity contribution in [3.05, 3.63) is 119 Å². The number of ketones is 3. The lowest BCUT2D eigenvalue weighted by atomic mass is 9.78. The summed E-state index contributed by atoms with van der Waals surface area (Å²) in [6.07, 6.45) is 17.7. The molecule has 0 unspecified atom stereocenters. The van der Waals surface area contributed by atoms with Gasteiger partial charge < -0.3 is 103 Å². The second-order valence-electron chi connectivity index (χ2n) is 34.8. The molecule has 1 saturated carbocycles. The van der Waals surface area contributed by atoms with Gasteiger partial charge in [0.25, 0.3) is 17.7 Å². The van der Waals surface area contributed by atoms with Gasteiger partial charge in [-0.2, -0.15) is 10.1 Å². The van der Waals surface area contributed by atoms with Gasteiger partial charge in [0.05, 0.1) is 154 Å². The number of esters is 1. The maximum atomic E-state index is 14.8. The number of nitrogen functional groups attached to an aromatic ring is 2. The summed E-state index contributed by atoms with van der Waals surface area (Å²) in [5.74, 6) is -7.99. The number of cyclic esters (lactones) is 1. The summed E-state index contributed by atoms with van der Waals surface area (Å²) >= 11 is 0. The first-order valence-corrected chi connectivity index (χ1v) is 46.4. The second-order valence-corrected chi connectivity index (χ2v) is 34.8. The number of anilines is 2. The van der Waals surface area contributed by atoms with E-state index in [0.717, 1.165) is 60.1 Å². The number of amides is 2. The number of aliphatic hydroxyl groups is 2. The summed E-state index contributed by atoms with van der Waals surface area (Å²) in [5.41, 5.74) is 19.3. The Balaban J connectivity index is 0.00000817. The topological polar surface area (TPSA) is 440 Å². The fourth-order valence-corrected chi connectivity index (χ4v) is 17.1. The molecule has 3 aliphatic heterocycles. The van der Waals surface area contributed by atoms with Gasteiger partial charge >= 0.3 is 5.97 Å². The highest BCUT2D eigenvalue weighted by atomic mass is 16.6. The lowest BCUT2D eigenvalue weighted by Gasteiger charge is -2.42. The fourth-order valence-electron chi connectivity index (χ4n) is 17.1. The molecule has 1 aliphatic carbocycles. The van der Waals surface area contributed by atoms with E-state index < -0.39 is 77.8 Å². The number of hydrogen-bond acceptors (Lipinski definition) is 31. The maximum absolute atomic E-state index is 14.8. The predicted molar refractivity (Wildman–Crippen MR) is 508 cm³/mol. The van der Waals surface area contributed by atoms with Crippen molar-refractivity contribution < 1.29 is 110 Å². The van der Waals surface area contributed by atoms with Crippen LogP contribution in [0.5, 0.6) is 0 Å². The molecule has 746 valence electrons. The number of nitrogens with zero attached hydrogens (tertiary/aromatic N) is 9. The molecule has 7 N–H and O–H groups in total. The molecule has 4 aromatic heterocycles. The molecule has 134 heavy (non-hydrogen) atoms. The first-order chi connectivity index (χ1) is 63.3. The highest BCUT2D eigenvalue weighted by Crippen LogP contribution is 2.40. The Bertz CT molecular complexity index is 4670. The SMILES string of the molecule is C.C.C.CO[C@H]1C[C@@H]2CC[C@@H](C)[C@@](O)(O2)C(=O)C(=O)N2CCCC[C@H]2C(=O)O[C@H]([C@H](C)C[C@@H]2CC[C@@H](OCCCCc3cn(CCOCCOCCOCCOCCOCCOCCOCCOCCC(=O)NCc4ccc(Cn5nc(-c6ccc7oc(N)nc7c6)c6c(N)ncnc65)cc4)nn3)[C@H](OC)C2)CC(=O)[C@H](C)/C=C(\C)[C@@H](O)[C@@H](OC)C(=O)[C@H](C)C[C@H](C)/C=C/C=C/C=C/1C. The number of Topliss-reactive ketones (excluding diaryl/α,β-unsaturated/α-hetero) is 3. The van der Waals surface area contributed by atoms with Crippen LogP contribution in [0, 0.1) is 35.5 Å². The van der Waals surface area contributed by atoms with E-state index >= 15 is 0 Å². The van der Waals surface area contributed by atoms with E-state index in [0.29, 0.717) is 216 Å². The molecule has 3 fully saturated rings. The zero-order chi connectivity index (χ0) is 93.6. The number of rotatable bonds is 44. The lowest BCUT2D eigenvalue weighted by Crippen LogP contribution is -2.61. The largest absolute Gasteiger partial charge is 0.460 e. The smallest absolute Gasteiger partial charge is 0.329 e. The number of hydrogen-bond donors (Lipinski definition) is 5. The van der Waals surface area contributed by atoms with Crippen molar-refractivity contribution in [2.75, 3.05) is 152 Å². The van der Waals surface area contributed by atoms with Gasteiger partial charge in [-0.3, -0.25) is 24.0 Å². The number of carbonyl (C=O) groups is 6. The van der Waals surface area contributed by atoms with Crippen LogP contribution in [0.15, 0.2) is 107 Å². The summed E-state index contributed by atoms with van der Waals surface area (Å²) in [6.45, 7) is 21.2. The van der Waals surface area contributed by atoms with Crippen molar-refractivity contribution >= 4 is 69.1 Å². The highest BCUT2D eigenvalue weighted by molar-refractivity contribution is 6.39. The molecule has 2 bridgehead atoms. The number of aryl methyl sites for hydroxylation is 1. The van der Waals surface area contributed by atoms with E-state index in [9.17, 15) is 39.0 Å². The van der Waals surface area contributed by atoms with Gasteiger partial charge in [0, 0.05) is 89.8 Å². The average molecular weight is 1880 g/mol. The van der Waals surface area contributed by atoms with Crippen molar-refractivity contribution in [1.82, 2.24) is 49.9 Å². The van der Waals surface area contributed by atoms with Crippen LogP contribution in [-0.4, -0.2) is 285 Å². The standard InChI is InChI=1S/C96H140N12O23.3CH4/c1-63-18-12-11-13-19-64(2)81(117-8)57-75-29-22-69(7)96(116,131-75)90(113)93(114)107-33-16-14-21-77(107)94(115)129-82(58-78(109)65(3)53-68(6)88(112)89(119-10)87(111)67(5)52-63)66(4)54-72-27-30-80(83(55-72)118-9)128-35-17-15-20-74-61-106(105-103-74)34-37-121-39-41-123-43-45-125-47-49-127-51-50-126-48-46-124-44-42-122-40-38-120-36-32-84(110)99-59-70-23-25-71(26-24-70)60-108-92-85(91(97)100-62-101-92)86(104-108)73-28-31-79-76(56-73)102-95(98)130-79;;;/h11-13,18-19,23-26,28,31,53,56,61-63,65-67,69,72,75,77,80-83,88-89,112,116H,14-17,20-22,27,29-30,32-52,54-55,57-60H2,1-10H3,(H2,98,102)(H,99,110)(H2,97,100,101);3*1H4/b13-11+,18-12+,64-19+,68-53+;;;/t63-,65-,66-,67-,69-,72+,75+,77+,80-,81+,82+,83-,88-,89+,96-;;;/m1.../s1. The minimum absolute atomic E-state index is 0. The molecule has 35 nitrogen and oxygen atoms in total. The summed E-state index contributed by atoms with van der Waals surface area (Å²) in [4.78, 5) is 99.0. The summed E-state index contributed by atoms with van der Waals surface area (Å²) in [7, 11) is 4.65. The molecule has 2 aromatic carbocycles. The Labute approximate surface area is 790 Å². The molecular weight excluding hydrogens is 1730 g/mol. The first-order valence-electron chi connectivity index (χ1n) is 46.4. The van der Waals surface area contributed by atoms with Crippen LogP contribution in [0.25, 0.3) is 33.4 Å². The van der Waals surface area contributed by atoms with Gasteiger partial charge in [-0.05, 0) is 156 Å². The number of unbranched alkanes of at least 4 members (excludes halogenated alkanes) is 1. The highest BCUT2D eigenvalue weighted by Gasteiger charge is 2.53. The van der Waals surface area contributed by atoms with Crippen molar-refractivity contribution in [2.24, 2.45) is 35.5 Å². The third-order valence-electron chi connectivity index (χ3n) is 24.8. The molecule has 4 aliphatic rings. The summed E-state index contributed by atoms with van der Waals surface area (Å²) < 4.78 is 90.9. The molecule has 10 rings (SSSR count). The predicted octanol–water partition coefficient (Wildman–Crippen LogP) is 11.7. The Hall–Kier alpha value is -9.02. The zero-order valence-electron chi connectivity index (χ0n) is 78.1. The van der Waals surface area contributed by atoms with Gasteiger partial charge in [-0.25, -0.2) is 24.1 Å². The van der Waals surface area contributed by atoms with E-state index in [1.807, 2.05) is 101 Å². The van der Waals surface area contributed by atoms with Crippen LogP contribution in [-0.2, 0) is 121 Å². The third-order valence-corrected chi connectivity index (χ3v) is 24.8. The number of ether oxygens (including phenoxy) is 14. The quantitative estimate of drug-likeness (QED) is 0.0103. The number of benzene rings is 2. The molecule has 7 heterocycles. The molecule has 2 amide bonds. The number of fused-ring (bicyclic) bond motifs is 5. The van der Waals surface area contributed by atoms with E-state index in [1.54, 1.807) is 56.5 Å². The van der Waals surface area contributed by atoms with Crippen molar-refractivity contribution in [3.63, 3.8) is 0 Å². The van der Waals surface area contributed by atoms with Crippen LogP contribution < -0.4 is 16.8 Å². The average Bonchev–Trinajstić information content (AvgIpc) is 1.45. The number of piperidine rings is 1. The van der Waals surface area contributed by atoms with Crippen LogP contribution in [0.2, 0.25) is 0 Å². The molecule has 15 atom stereocenters. The van der Waals surface area contributed by atoms with Crippen molar-refractivity contribution in [3.8, 4) is 11.3 Å². The van der Waals surface area contributed by atoms with Crippen molar-refractivity contribution in [2.45, 2.75) is 248 Å². The summed E-state index contributed by atoms with van der Waals surface area (Å²) in [5, 5.41) is 40.9. The Morgan fingerprint density at radius 2 is 1.36 bits per heavy atom. The maximum Gasteiger partial charge on any atom is 0.329 e. The Kier molecular flexibility index (Phi) is 48.9. The summed E-state index contributed by atoms with van der Waals surface area (Å²) in [6, 6.07) is 12.3. The van der Waals surface area contributed by atoms with Crippen molar-refractivity contribution in [1.29, 1.82) is 0 Å². The van der Waals surface area contributed by atoms with Gasteiger partial charge in [-0.1, -0.05) is 123 Å². The minimum Gasteiger partial charge on any atom is -0.460 e. The van der Waals surface area contributed by atoms with E-state index in [4.69, 9.17) is 87.3 Å². The number of methoxy groups -OCH3 is 3. The van der Waals surface area contributed by atoms with Crippen LogP contribution in [0.3, 0.4) is 0 Å². The number of aromatic nitrogens is 8. The zero-order valence-corrected chi connectivity index (χ0v) is 78.1. The number of aliphatic hydroxyl groups excluding tert-OH is 1. The van der Waals surface area contributed by atoms with Gasteiger partial charge in [0.15, 0.2) is 17.0 Å². The lowest BCUT2D eigenvalue weighted by molar-refractivity contribution is -0.265. The Morgan fingerprint density at radius 3 is 2.01 bits per heavy atom. The molecule has 2 saturated heterocycles. The number of nitrogens with one attached hydrogen (secondary N) is 1. The minimum atomic E-state index is -2.46. The molecule has 0 radical (unpaired) electrons. The molecule has 0 spiro atoms. The molecular formula is C99H152N12O23. The number of allylic oxidation sites excluding steroid dienone is 6. The van der Waals surface area contributed by atoms with Gasteiger partial charge in [0.2, 0.25) is 11.7 Å². The van der Waals surface area contributed by atoms with Gasteiger partial charge in [0.1, 0.15) is 53.5 Å². The third kappa shape index (κ3) is 34.3. The van der Waals surface area contributed by atoms with E-state index in [1.165, 1.54) is 18.3 Å². The first kappa shape index (κ1) is 112. The van der Waals surface area contributed by atoms with E-state index in [2.05, 4.69) is 30.6 Å². The molecule has 6 aromatic rings. The van der Waals surface area contributed by atoms with Crippen LogP contribution in [0.4, 0.5) is 11.8 Å². The monoisotopic (exact) mass is 1880 g/mol. The second kappa shape index (κ2) is 58.5.